The van der Waals surface area contributed by atoms with E-state index < -0.39 is 0 Å². The Morgan fingerprint density at radius 2 is 1.70 bits per heavy atom. The van der Waals surface area contributed by atoms with Crippen LogP contribution in [-0.4, -0.2) is 47.3 Å². The van der Waals surface area contributed by atoms with Gasteiger partial charge in [0, 0.05) is 39.6 Å². The Labute approximate surface area is 163 Å². The molecule has 2 heterocycles. The van der Waals surface area contributed by atoms with Gasteiger partial charge in [-0.15, -0.1) is 0 Å². The van der Waals surface area contributed by atoms with Crippen LogP contribution in [0, 0.1) is 11.8 Å². The summed E-state index contributed by atoms with van der Waals surface area (Å²) in [7, 11) is 0. The third-order valence-corrected chi connectivity index (χ3v) is 5.80. The van der Waals surface area contributed by atoms with Crippen molar-refractivity contribution in [1.29, 1.82) is 0 Å². The quantitative estimate of drug-likeness (QED) is 0.866. The van der Waals surface area contributed by atoms with Crippen molar-refractivity contribution < 1.29 is 9.59 Å². The van der Waals surface area contributed by atoms with Crippen LogP contribution in [0.1, 0.15) is 51.2 Å². The number of rotatable bonds is 5. The number of nitrogens with one attached hydrogen (secondary N) is 1. The number of amides is 2. The highest BCUT2D eigenvalue weighted by Gasteiger charge is 2.32. The first kappa shape index (κ1) is 19.9. The first-order chi connectivity index (χ1) is 12.9. The Hall–Kier alpha value is -1.88. The predicted octanol–water partition coefficient (Wildman–Crippen LogP) is 2.79. The number of piperidine rings is 1. The lowest BCUT2D eigenvalue weighted by molar-refractivity contribution is -0.136. The van der Waals surface area contributed by atoms with Gasteiger partial charge in [-0.25, -0.2) is 0 Å². The first-order valence-corrected chi connectivity index (χ1v) is 10.3. The summed E-state index contributed by atoms with van der Waals surface area (Å²) in [6.07, 6.45) is 2.99. The van der Waals surface area contributed by atoms with Crippen LogP contribution in [0.5, 0.6) is 0 Å². The van der Waals surface area contributed by atoms with Crippen molar-refractivity contribution in [2.24, 2.45) is 11.8 Å². The van der Waals surface area contributed by atoms with Crippen LogP contribution in [0.3, 0.4) is 0 Å². The van der Waals surface area contributed by atoms with E-state index >= 15 is 0 Å². The van der Waals surface area contributed by atoms with E-state index in [4.69, 9.17) is 0 Å². The molecule has 3 rings (SSSR count). The van der Waals surface area contributed by atoms with Crippen LogP contribution in [0.4, 0.5) is 0 Å². The lowest BCUT2D eigenvalue weighted by Gasteiger charge is -2.35. The standard InChI is InChI=1S/C22H33N3O2/c1-16-11-17(2)14-24(13-16)15-20-8-6-19(7-9-20)12-23-22(27)21-5-4-10-25(21)18(3)26/h6-9,16-17,21H,4-5,10-15H2,1-3H3,(H,23,27). The summed E-state index contributed by atoms with van der Waals surface area (Å²) in [6.45, 7) is 10.8. The molecule has 2 aliphatic rings. The minimum absolute atomic E-state index is 0.0154. The number of hydrogen-bond acceptors (Lipinski definition) is 3. The Kier molecular flexibility index (Phi) is 6.53. The average Bonchev–Trinajstić information content (AvgIpc) is 3.10. The molecular weight excluding hydrogens is 338 g/mol. The van der Waals surface area contributed by atoms with Crippen molar-refractivity contribution in [2.75, 3.05) is 19.6 Å². The van der Waals surface area contributed by atoms with Gasteiger partial charge in [-0.05, 0) is 42.2 Å². The molecule has 3 atom stereocenters. The molecule has 5 nitrogen and oxygen atoms in total. The lowest BCUT2D eigenvalue weighted by atomic mass is 9.91. The Morgan fingerprint density at radius 3 is 2.33 bits per heavy atom. The SMILES string of the molecule is CC(=O)N1CCCC1C(=O)NCc1ccc(CN2CC(C)CC(C)C2)cc1. The molecule has 0 radical (unpaired) electrons. The molecule has 2 saturated heterocycles. The van der Waals surface area contributed by atoms with Crippen LogP contribution >= 0.6 is 0 Å². The smallest absolute Gasteiger partial charge is 0.243 e. The zero-order chi connectivity index (χ0) is 19.4. The summed E-state index contributed by atoms with van der Waals surface area (Å²) in [5.74, 6) is 1.49. The Bertz CT molecular complexity index is 648. The second-order valence-corrected chi connectivity index (χ2v) is 8.54. The zero-order valence-electron chi connectivity index (χ0n) is 16.9. The number of likely N-dealkylation sites (tertiary alicyclic amines) is 2. The monoisotopic (exact) mass is 371 g/mol. The average molecular weight is 372 g/mol. The molecule has 0 bridgehead atoms. The van der Waals surface area contributed by atoms with Crippen LogP contribution in [0.15, 0.2) is 24.3 Å². The van der Waals surface area contributed by atoms with Gasteiger partial charge in [-0.1, -0.05) is 38.1 Å². The number of carbonyl (C=O) groups is 2. The van der Waals surface area contributed by atoms with E-state index in [1.54, 1.807) is 4.90 Å². The number of hydrogen-bond donors (Lipinski definition) is 1. The molecular formula is C22H33N3O2. The van der Waals surface area contributed by atoms with Gasteiger partial charge in [-0.3, -0.25) is 14.5 Å². The molecule has 3 unspecified atom stereocenters. The van der Waals surface area contributed by atoms with Crippen molar-refractivity contribution in [3.8, 4) is 0 Å². The number of benzene rings is 1. The summed E-state index contributed by atoms with van der Waals surface area (Å²) in [4.78, 5) is 28.3. The van der Waals surface area contributed by atoms with E-state index in [2.05, 4.69) is 48.3 Å². The molecule has 2 amide bonds. The van der Waals surface area contributed by atoms with Gasteiger partial charge in [0.25, 0.3) is 0 Å². The van der Waals surface area contributed by atoms with Crippen LogP contribution in [0.25, 0.3) is 0 Å². The largest absolute Gasteiger partial charge is 0.350 e. The van der Waals surface area contributed by atoms with E-state index in [0.29, 0.717) is 13.1 Å². The number of nitrogens with zero attached hydrogens (tertiary/aromatic N) is 2. The predicted molar refractivity (Wildman–Crippen MR) is 107 cm³/mol. The fraction of sp³-hybridized carbons (Fsp3) is 0.636. The molecule has 27 heavy (non-hydrogen) atoms. The maximum absolute atomic E-state index is 12.4. The van der Waals surface area contributed by atoms with E-state index in [-0.39, 0.29) is 17.9 Å². The zero-order valence-corrected chi connectivity index (χ0v) is 16.9. The minimum Gasteiger partial charge on any atom is -0.350 e. The molecule has 0 spiro atoms. The van der Waals surface area contributed by atoms with Gasteiger partial charge in [0.2, 0.25) is 11.8 Å². The summed E-state index contributed by atoms with van der Waals surface area (Å²) in [6, 6.07) is 8.24. The summed E-state index contributed by atoms with van der Waals surface area (Å²) < 4.78 is 0. The van der Waals surface area contributed by atoms with Gasteiger partial charge in [0.15, 0.2) is 0 Å². The summed E-state index contributed by atoms with van der Waals surface area (Å²) in [5.41, 5.74) is 2.42. The van der Waals surface area contributed by atoms with Crippen molar-refractivity contribution >= 4 is 11.8 Å². The second-order valence-electron chi connectivity index (χ2n) is 8.54. The molecule has 0 saturated carbocycles. The fourth-order valence-electron chi connectivity index (χ4n) is 4.67. The molecule has 1 aromatic rings. The van der Waals surface area contributed by atoms with E-state index in [1.807, 2.05) is 0 Å². The van der Waals surface area contributed by atoms with E-state index in [1.165, 1.54) is 32.0 Å². The van der Waals surface area contributed by atoms with Gasteiger partial charge in [0.1, 0.15) is 6.04 Å². The topological polar surface area (TPSA) is 52.7 Å². The Morgan fingerprint density at radius 1 is 1.07 bits per heavy atom. The third kappa shape index (κ3) is 5.32. The highest BCUT2D eigenvalue weighted by molar-refractivity contribution is 5.87. The van der Waals surface area contributed by atoms with Gasteiger partial charge < -0.3 is 10.2 Å². The molecule has 0 aliphatic carbocycles. The molecule has 2 fully saturated rings. The number of carbonyl (C=O) groups excluding carboxylic acids is 2. The molecule has 148 valence electrons. The van der Waals surface area contributed by atoms with Crippen molar-refractivity contribution in [1.82, 2.24) is 15.1 Å². The molecule has 0 aromatic heterocycles. The third-order valence-electron chi connectivity index (χ3n) is 5.80. The van der Waals surface area contributed by atoms with E-state index in [9.17, 15) is 9.59 Å². The van der Waals surface area contributed by atoms with Crippen molar-refractivity contribution in [3.63, 3.8) is 0 Å². The van der Waals surface area contributed by atoms with Gasteiger partial charge in [-0.2, -0.15) is 0 Å². The summed E-state index contributed by atoms with van der Waals surface area (Å²) >= 11 is 0. The Balaban J connectivity index is 1.49. The second kappa shape index (κ2) is 8.87. The maximum atomic E-state index is 12.4. The summed E-state index contributed by atoms with van der Waals surface area (Å²) in [5, 5.41) is 2.99. The fourth-order valence-corrected chi connectivity index (χ4v) is 4.67. The van der Waals surface area contributed by atoms with Crippen molar-refractivity contribution in [2.45, 2.75) is 59.2 Å². The first-order valence-electron chi connectivity index (χ1n) is 10.3. The van der Waals surface area contributed by atoms with Gasteiger partial charge in [0.05, 0.1) is 0 Å². The van der Waals surface area contributed by atoms with E-state index in [0.717, 1.165) is 36.8 Å². The minimum atomic E-state index is -0.301. The maximum Gasteiger partial charge on any atom is 0.243 e. The van der Waals surface area contributed by atoms with Crippen molar-refractivity contribution in [3.05, 3.63) is 35.4 Å². The molecule has 5 heteroatoms. The van der Waals surface area contributed by atoms with Crippen LogP contribution < -0.4 is 5.32 Å². The van der Waals surface area contributed by atoms with Crippen LogP contribution in [-0.2, 0) is 22.7 Å². The highest BCUT2D eigenvalue weighted by Crippen LogP contribution is 2.22. The molecule has 1 N–H and O–H groups in total. The normalized spacial score (nSPS) is 26.2. The molecule has 1 aromatic carbocycles. The van der Waals surface area contributed by atoms with Crippen LogP contribution in [0.2, 0.25) is 0 Å². The lowest BCUT2D eigenvalue weighted by Crippen LogP contribution is -2.44. The van der Waals surface area contributed by atoms with Gasteiger partial charge >= 0.3 is 0 Å². The highest BCUT2D eigenvalue weighted by atomic mass is 16.2. The molecule has 2 aliphatic heterocycles.